The van der Waals surface area contributed by atoms with Gasteiger partial charge in [-0.05, 0) is 35.8 Å². The minimum Gasteiger partial charge on any atom is -0.394 e. The van der Waals surface area contributed by atoms with E-state index in [2.05, 4.69) is 20.6 Å². The number of aliphatic imine (C=N–C) groups is 2. The molecule has 8 heteroatoms. The highest BCUT2D eigenvalue weighted by Gasteiger charge is 2.22. The summed E-state index contributed by atoms with van der Waals surface area (Å²) in [6, 6.07) is -0.0869. The molecular weight excluding hydrogens is 342 g/mol. The molecule has 0 aromatic rings. The molecule has 0 bridgehead atoms. The Labute approximate surface area is 158 Å². The number of aliphatic hydroxyl groups excluding tert-OH is 1. The average molecular weight is 367 g/mol. The molecule has 0 spiro atoms. The van der Waals surface area contributed by atoms with Gasteiger partial charge in [0.15, 0.2) is 0 Å². The number of rotatable bonds is 6. The van der Waals surface area contributed by atoms with Gasteiger partial charge in [-0.2, -0.15) is 0 Å². The molecule has 0 aromatic heterocycles. The lowest BCUT2D eigenvalue weighted by molar-refractivity contribution is 0.262. The van der Waals surface area contributed by atoms with Crippen molar-refractivity contribution in [3.63, 3.8) is 0 Å². The molecular formula is C19H25N7O. The number of hydrogen-bond donors (Lipinski definition) is 5. The van der Waals surface area contributed by atoms with E-state index in [4.69, 9.17) is 11.1 Å². The van der Waals surface area contributed by atoms with E-state index in [1.807, 2.05) is 43.2 Å². The second-order valence-corrected chi connectivity index (χ2v) is 6.76. The molecule has 0 saturated heterocycles. The zero-order chi connectivity index (χ0) is 19.4. The Morgan fingerprint density at radius 1 is 1.48 bits per heavy atom. The first kappa shape index (κ1) is 18.7. The van der Waals surface area contributed by atoms with Crippen LogP contribution in [-0.2, 0) is 0 Å². The van der Waals surface area contributed by atoms with Gasteiger partial charge in [-0.25, -0.2) is 4.99 Å². The third kappa shape index (κ3) is 4.35. The predicted octanol–water partition coefficient (Wildman–Crippen LogP) is 0.937. The Kier molecular flexibility index (Phi) is 5.56. The number of nitrogens with two attached hydrogens (primary N) is 1. The fourth-order valence-corrected chi connectivity index (χ4v) is 2.80. The molecule has 3 aliphatic rings. The highest BCUT2D eigenvalue weighted by Crippen LogP contribution is 2.22. The molecule has 0 amide bonds. The van der Waals surface area contributed by atoms with Gasteiger partial charge in [-0.15, -0.1) is 0 Å². The van der Waals surface area contributed by atoms with Crippen LogP contribution in [0.5, 0.6) is 0 Å². The Morgan fingerprint density at radius 2 is 2.30 bits per heavy atom. The summed E-state index contributed by atoms with van der Waals surface area (Å²) < 4.78 is 0. The Bertz CT molecular complexity index is 827. The molecule has 0 saturated carbocycles. The summed E-state index contributed by atoms with van der Waals surface area (Å²) in [5.41, 5.74) is 9.59. The van der Waals surface area contributed by atoms with Crippen molar-refractivity contribution in [3.8, 4) is 0 Å². The lowest BCUT2D eigenvalue weighted by atomic mass is 10.0. The lowest BCUT2D eigenvalue weighted by Crippen LogP contribution is -2.31. The van der Waals surface area contributed by atoms with Crippen LogP contribution in [0.15, 0.2) is 69.0 Å². The van der Waals surface area contributed by atoms with E-state index in [1.54, 1.807) is 12.4 Å². The van der Waals surface area contributed by atoms with E-state index in [0.717, 1.165) is 22.7 Å². The van der Waals surface area contributed by atoms with Crippen LogP contribution in [0.3, 0.4) is 0 Å². The Morgan fingerprint density at radius 3 is 2.96 bits per heavy atom. The van der Waals surface area contributed by atoms with Crippen LogP contribution in [-0.4, -0.2) is 47.6 Å². The Balaban J connectivity index is 1.74. The van der Waals surface area contributed by atoms with Crippen LogP contribution in [0.2, 0.25) is 0 Å². The zero-order valence-corrected chi connectivity index (χ0v) is 15.5. The summed E-state index contributed by atoms with van der Waals surface area (Å²) in [4.78, 5) is 10.6. The summed E-state index contributed by atoms with van der Waals surface area (Å²) in [6.45, 7) is 4.70. The van der Waals surface area contributed by atoms with Gasteiger partial charge in [0.05, 0.1) is 36.1 Å². The van der Waals surface area contributed by atoms with Crippen molar-refractivity contribution in [2.24, 2.45) is 21.6 Å². The van der Waals surface area contributed by atoms with E-state index >= 15 is 0 Å². The monoisotopic (exact) mass is 367 g/mol. The highest BCUT2D eigenvalue weighted by molar-refractivity contribution is 5.97. The van der Waals surface area contributed by atoms with E-state index in [1.165, 1.54) is 6.21 Å². The first-order chi connectivity index (χ1) is 13.0. The zero-order valence-electron chi connectivity index (χ0n) is 15.5. The summed E-state index contributed by atoms with van der Waals surface area (Å²) in [7, 11) is 0. The van der Waals surface area contributed by atoms with Crippen LogP contribution in [0.25, 0.3) is 0 Å². The van der Waals surface area contributed by atoms with Gasteiger partial charge >= 0.3 is 0 Å². The highest BCUT2D eigenvalue weighted by atomic mass is 16.3. The van der Waals surface area contributed by atoms with Gasteiger partial charge in [0, 0.05) is 19.0 Å². The second-order valence-electron chi connectivity index (χ2n) is 6.76. The number of amidine groups is 1. The fourth-order valence-electron chi connectivity index (χ4n) is 2.80. The van der Waals surface area contributed by atoms with Crippen molar-refractivity contribution < 1.29 is 5.11 Å². The van der Waals surface area contributed by atoms with Crippen LogP contribution < -0.4 is 16.4 Å². The molecule has 0 aliphatic carbocycles. The quantitative estimate of drug-likeness (QED) is 0.353. The number of nitrogens with one attached hydrogen (secondary N) is 3. The predicted molar refractivity (Wildman–Crippen MR) is 108 cm³/mol. The molecule has 3 aliphatic heterocycles. The van der Waals surface area contributed by atoms with E-state index < -0.39 is 0 Å². The Hall–Kier alpha value is -3.13. The average Bonchev–Trinajstić information content (AvgIpc) is 3.14. The maximum Gasteiger partial charge on any atom is 0.132 e. The third-order valence-electron chi connectivity index (χ3n) is 4.39. The van der Waals surface area contributed by atoms with Gasteiger partial charge in [0.2, 0.25) is 0 Å². The summed E-state index contributed by atoms with van der Waals surface area (Å²) in [6.07, 6.45) is 12.4. The summed E-state index contributed by atoms with van der Waals surface area (Å²) in [5.74, 6) is 1.17. The van der Waals surface area contributed by atoms with Crippen LogP contribution in [0, 0.1) is 11.3 Å². The number of aliphatic hydroxyl groups is 1. The van der Waals surface area contributed by atoms with E-state index in [-0.39, 0.29) is 18.6 Å². The molecule has 142 valence electrons. The first-order valence-electron chi connectivity index (χ1n) is 8.85. The van der Waals surface area contributed by atoms with Gasteiger partial charge in [-0.3, -0.25) is 4.99 Å². The number of fused-ring (bicyclic) bond motifs is 1. The smallest absolute Gasteiger partial charge is 0.132 e. The van der Waals surface area contributed by atoms with Crippen molar-refractivity contribution in [1.29, 1.82) is 5.41 Å². The summed E-state index contributed by atoms with van der Waals surface area (Å²) in [5, 5.41) is 23.2. The summed E-state index contributed by atoms with van der Waals surface area (Å²) >= 11 is 0. The molecule has 27 heavy (non-hydrogen) atoms. The van der Waals surface area contributed by atoms with E-state index in [9.17, 15) is 5.11 Å². The molecule has 8 nitrogen and oxygen atoms in total. The molecule has 3 rings (SSSR count). The number of nitrogens with zero attached hydrogens (tertiary/aromatic N) is 3. The van der Waals surface area contributed by atoms with Gasteiger partial charge < -0.3 is 31.8 Å². The number of allylic oxidation sites excluding steroid dienone is 4. The molecule has 3 heterocycles. The SMILES string of the molecule is CC(C)C(C=N)=CC(N)=NC1=CC=C2NC=C(N3C=NC(CO)C3)C=C2N1. The van der Waals surface area contributed by atoms with Crippen molar-refractivity contribution in [3.05, 3.63) is 59.0 Å². The second kappa shape index (κ2) is 8.05. The van der Waals surface area contributed by atoms with Gasteiger partial charge in [0.25, 0.3) is 0 Å². The van der Waals surface area contributed by atoms with Crippen LogP contribution in [0.4, 0.5) is 0 Å². The minimum absolute atomic E-state index is 0.0379. The van der Waals surface area contributed by atoms with Crippen LogP contribution in [0.1, 0.15) is 13.8 Å². The molecule has 0 radical (unpaired) electrons. The lowest BCUT2D eigenvalue weighted by Gasteiger charge is -2.26. The van der Waals surface area contributed by atoms with Crippen molar-refractivity contribution in [2.75, 3.05) is 13.2 Å². The largest absolute Gasteiger partial charge is 0.394 e. The van der Waals surface area contributed by atoms with Crippen molar-refractivity contribution in [2.45, 2.75) is 19.9 Å². The molecule has 6 N–H and O–H groups in total. The molecule has 1 unspecified atom stereocenters. The van der Waals surface area contributed by atoms with Crippen LogP contribution >= 0.6 is 0 Å². The van der Waals surface area contributed by atoms with Gasteiger partial charge in [-0.1, -0.05) is 13.8 Å². The minimum atomic E-state index is -0.0869. The molecule has 1 atom stereocenters. The standard InChI is InChI=1S/C19H25N7O/c1-12(2)13(7-20)5-18(21)25-19-4-3-16-17(24-19)6-15(8-22-16)26-9-14(10-27)23-11-26/h3-8,11-12,14,20,22,24,27H,9-10H2,1-2H3,(H2,21,25). The maximum absolute atomic E-state index is 9.24. The number of hydrogen-bond acceptors (Lipinski definition) is 7. The number of dihydropyridines is 2. The molecule has 0 aromatic carbocycles. The third-order valence-corrected chi connectivity index (χ3v) is 4.39. The fraction of sp³-hybridized carbons (Fsp3) is 0.316. The topological polar surface area (TPSA) is 122 Å². The normalized spacial score (nSPS) is 22.4. The first-order valence-corrected chi connectivity index (χ1v) is 8.85. The van der Waals surface area contributed by atoms with E-state index in [0.29, 0.717) is 18.2 Å². The van der Waals surface area contributed by atoms with Gasteiger partial charge in [0.1, 0.15) is 11.7 Å². The maximum atomic E-state index is 9.24. The molecule has 0 fully saturated rings. The van der Waals surface area contributed by atoms with Crippen molar-refractivity contribution >= 4 is 18.4 Å². The van der Waals surface area contributed by atoms with Crippen molar-refractivity contribution in [1.82, 2.24) is 15.5 Å².